The Labute approximate surface area is 62.1 Å². The molecule has 2 nitrogen and oxygen atoms in total. The molecule has 0 aliphatic heterocycles. The van der Waals surface area contributed by atoms with Crippen molar-refractivity contribution >= 4 is 5.90 Å². The van der Waals surface area contributed by atoms with Crippen molar-refractivity contribution in [3.8, 4) is 0 Å². The van der Waals surface area contributed by atoms with Gasteiger partial charge in [-0.1, -0.05) is 6.42 Å². The summed E-state index contributed by atoms with van der Waals surface area (Å²) in [5, 5.41) is 7.33. The fraction of sp³-hybridized carbons (Fsp3) is 0.875. The Morgan fingerprint density at radius 3 is 2.70 bits per heavy atom. The Kier molecular flexibility index (Phi) is 2.72. The minimum absolute atomic E-state index is 0.479. The number of ether oxygens (including phenoxy) is 1. The average Bonchev–Trinajstić information content (AvgIpc) is 1.80. The first kappa shape index (κ1) is 7.58. The predicted molar refractivity (Wildman–Crippen MR) is 41.3 cm³/mol. The molecule has 0 saturated heterocycles. The summed E-state index contributed by atoms with van der Waals surface area (Å²) >= 11 is 0. The van der Waals surface area contributed by atoms with Crippen molar-refractivity contribution < 1.29 is 4.74 Å². The molecule has 0 atom stereocenters. The molecule has 1 aliphatic rings. The second-order valence-electron chi connectivity index (χ2n) is 2.86. The zero-order chi connectivity index (χ0) is 7.40. The van der Waals surface area contributed by atoms with Crippen LogP contribution in [-0.2, 0) is 4.74 Å². The fourth-order valence-corrected chi connectivity index (χ4v) is 1.19. The summed E-state index contributed by atoms with van der Waals surface area (Å²) < 4.78 is 5.03. The Balaban J connectivity index is 2.05. The van der Waals surface area contributed by atoms with Crippen molar-refractivity contribution in [3.05, 3.63) is 0 Å². The topological polar surface area (TPSA) is 33.1 Å². The van der Waals surface area contributed by atoms with E-state index in [2.05, 4.69) is 0 Å². The van der Waals surface area contributed by atoms with E-state index < -0.39 is 0 Å². The van der Waals surface area contributed by atoms with Crippen molar-refractivity contribution in [3.63, 3.8) is 0 Å². The standard InChI is InChI=1S/C8H15NO/c1-2-10-8(9)6-7-4-3-5-7/h7,9H,2-6H2,1H3. The van der Waals surface area contributed by atoms with Crippen LogP contribution in [0.1, 0.15) is 32.6 Å². The maximum atomic E-state index is 7.33. The van der Waals surface area contributed by atoms with Gasteiger partial charge in [-0.2, -0.15) is 0 Å². The summed E-state index contributed by atoms with van der Waals surface area (Å²) in [7, 11) is 0. The SMILES string of the molecule is CCOC(=N)CC1CCC1. The molecule has 0 radical (unpaired) electrons. The van der Waals surface area contributed by atoms with Gasteiger partial charge in [0.15, 0.2) is 5.90 Å². The lowest BCUT2D eigenvalue weighted by molar-refractivity contribution is 0.269. The Hall–Kier alpha value is -0.530. The van der Waals surface area contributed by atoms with Crippen LogP contribution in [0.4, 0.5) is 0 Å². The highest BCUT2D eigenvalue weighted by Crippen LogP contribution is 2.29. The fourth-order valence-electron chi connectivity index (χ4n) is 1.19. The van der Waals surface area contributed by atoms with Gasteiger partial charge in [0.1, 0.15) is 0 Å². The molecule has 1 rings (SSSR count). The third-order valence-corrected chi connectivity index (χ3v) is 2.02. The van der Waals surface area contributed by atoms with Gasteiger partial charge < -0.3 is 4.74 Å². The smallest absolute Gasteiger partial charge is 0.180 e. The lowest BCUT2D eigenvalue weighted by Crippen LogP contribution is -2.16. The van der Waals surface area contributed by atoms with E-state index in [1.807, 2.05) is 6.92 Å². The molecule has 1 saturated carbocycles. The van der Waals surface area contributed by atoms with E-state index in [9.17, 15) is 0 Å². The number of hydrogen-bond donors (Lipinski definition) is 1. The highest BCUT2D eigenvalue weighted by molar-refractivity contribution is 5.72. The molecule has 2 heteroatoms. The third-order valence-electron chi connectivity index (χ3n) is 2.02. The Bertz CT molecular complexity index is 118. The van der Waals surface area contributed by atoms with Crippen LogP contribution >= 0.6 is 0 Å². The minimum atomic E-state index is 0.479. The van der Waals surface area contributed by atoms with E-state index in [-0.39, 0.29) is 0 Å². The van der Waals surface area contributed by atoms with Crippen LogP contribution in [0.2, 0.25) is 0 Å². The van der Waals surface area contributed by atoms with Gasteiger partial charge in [-0.3, -0.25) is 5.41 Å². The van der Waals surface area contributed by atoms with Gasteiger partial charge in [-0.25, -0.2) is 0 Å². The monoisotopic (exact) mass is 141 g/mol. The van der Waals surface area contributed by atoms with E-state index >= 15 is 0 Å². The molecule has 10 heavy (non-hydrogen) atoms. The normalized spacial score (nSPS) is 18.1. The largest absolute Gasteiger partial charge is 0.481 e. The molecule has 1 fully saturated rings. The van der Waals surface area contributed by atoms with Crippen molar-refractivity contribution in [2.45, 2.75) is 32.6 Å². The van der Waals surface area contributed by atoms with Crippen molar-refractivity contribution in [2.24, 2.45) is 5.92 Å². The van der Waals surface area contributed by atoms with E-state index in [4.69, 9.17) is 10.1 Å². The quantitative estimate of drug-likeness (QED) is 0.474. The molecule has 0 spiro atoms. The second-order valence-corrected chi connectivity index (χ2v) is 2.86. The zero-order valence-electron chi connectivity index (χ0n) is 6.52. The zero-order valence-corrected chi connectivity index (χ0v) is 6.52. The molecular formula is C8H15NO. The second kappa shape index (κ2) is 3.59. The van der Waals surface area contributed by atoms with Crippen LogP contribution in [0.3, 0.4) is 0 Å². The van der Waals surface area contributed by atoms with Gasteiger partial charge in [0.05, 0.1) is 6.61 Å². The molecule has 1 aliphatic carbocycles. The first-order chi connectivity index (χ1) is 4.83. The van der Waals surface area contributed by atoms with Gasteiger partial charge in [-0.05, 0) is 25.7 Å². The van der Waals surface area contributed by atoms with Crippen LogP contribution in [0, 0.1) is 11.3 Å². The van der Waals surface area contributed by atoms with Crippen molar-refractivity contribution in [1.29, 1.82) is 5.41 Å². The Morgan fingerprint density at radius 2 is 2.30 bits per heavy atom. The van der Waals surface area contributed by atoms with E-state index in [0.29, 0.717) is 12.5 Å². The number of hydrogen-bond acceptors (Lipinski definition) is 2. The van der Waals surface area contributed by atoms with Gasteiger partial charge in [0.25, 0.3) is 0 Å². The lowest BCUT2D eigenvalue weighted by atomic mass is 9.83. The van der Waals surface area contributed by atoms with Crippen LogP contribution in [-0.4, -0.2) is 12.5 Å². The Morgan fingerprint density at radius 1 is 1.60 bits per heavy atom. The molecule has 0 bridgehead atoms. The van der Waals surface area contributed by atoms with Crippen LogP contribution < -0.4 is 0 Å². The first-order valence-corrected chi connectivity index (χ1v) is 4.03. The molecular weight excluding hydrogens is 126 g/mol. The molecule has 0 aromatic carbocycles. The molecule has 0 aromatic rings. The summed E-state index contributed by atoms with van der Waals surface area (Å²) in [5.74, 6) is 1.24. The highest BCUT2D eigenvalue weighted by Gasteiger charge is 2.19. The highest BCUT2D eigenvalue weighted by atomic mass is 16.5. The van der Waals surface area contributed by atoms with Crippen molar-refractivity contribution in [1.82, 2.24) is 0 Å². The van der Waals surface area contributed by atoms with E-state index in [0.717, 1.165) is 12.3 Å². The van der Waals surface area contributed by atoms with Gasteiger partial charge in [0, 0.05) is 6.42 Å². The maximum absolute atomic E-state index is 7.33. The summed E-state index contributed by atoms with van der Waals surface area (Å²) in [4.78, 5) is 0. The van der Waals surface area contributed by atoms with Gasteiger partial charge in [-0.15, -0.1) is 0 Å². The summed E-state index contributed by atoms with van der Waals surface area (Å²) in [6.07, 6.45) is 4.82. The molecule has 58 valence electrons. The van der Waals surface area contributed by atoms with Gasteiger partial charge in [0.2, 0.25) is 0 Å². The predicted octanol–water partition coefficient (Wildman–Crippen LogP) is 2.19. The molecule has 0 unspecified atom stereocenters. The first-order valence-electron chi connectivity index (χ1n) is 4.03. The number of rotatable bonds is 3. The average molecular weight is 141 g/mol. The molecule has 0 amide bonds. The van der Waals surface area contributed by atoms with Crippen molar-refractivity contribution in [2.75, 3.05) is 6.61 Å². The maximum Gasteiger partial charge on any atom is 0.180 e. The summed E-state index contributed by atoms with van der Waals surface area (Å²) in [6.45, 7) is 2.57. The lowest BCUT2D eigenvalue weighted by Gasteiger charge is -2.24. The molecule has 0 heterocycles. The van der Waals surface area contributed by atoms with Crippen LogP contribution in [0.5, 0.6) is 0 Å². The number of nitrogens with one attached hydrogen (secondary N) is 1. The van der Waals surface area contributed by atoms with E-state index in [1.165, 1.54) is 19.3 Å². The molecule has 1 N–H and O–H groups in total. The van der Waals surface area contributed by atoms with Crippen LogP contribution in [0.25, 0.3) is 0 Å². The van der Waals surface area contributed by atoms with E-state index in [1.54, 1.807) is 0 Å². The minimum Gasteiger partial charge on any atom is -0.481 e. The third kappa shape index (κ3) is 2.01. The van der Waals surface area contributed by atoms with Crippen LogP contribution in [0.15, 0.2) is 0 Å². The summed E-state index contributed by atoms with van der Waals surface area (Å²) in [5.41, 5.74) is 0. The molecule has 0 aromatic heterocycles. The van der Waals surface area contributed by atoms with Gasteiger partial charge >= 0.3 is 0 Å². The summed E-state index contributed by atoms with van der Waals surface area (Å²) in [6, 6.07) is 0.